The average molecular weight is 558 g/mol. The van der Waals surface area contributed by atoms with Crippen LogP contribution in [0.3, 0.4) is 0 Å². The third kappa shape index (κ3) is 7.26. The smallest absolute Gasteiger partial charge is 0.264 e. The van der Waals surface area contributed by atoms with Gasteiger partial charge in [-0.3, -0.25) is 13.9 Å². The topological polar surface area (TPSA) is 96.0 Å². The molecule has 3 aromatic rings. The summed E-state index contributed by atoms with van der Waals surface area (Å²) in [4.78, 5) is 27.9. The number of nitrogens with zero attached hydrogens (tertiary/aromatic N) is 2. The van der Waals surface area contributed by atoms with E-state index >= 15 is 0 Å². The fourth-order valence-corrected chi connectivity index (χ4v) is 5.51. The monoisotopic (exact) mass is 557 g/mol. The van der Waals surface area contributed by atoms with Crippen LogP contribution in [0.5, 0.6) is 5.75 Å². The Balaban J connectivity index is 2.01. The summed E-state index contributed by atoms with van der Waals surface area (Å²) in [5.41, 5.74) is 1.000. The molecule has 0 aliphatic rings. The number of likely N-dealkylation sites (N-methyl/N-ethyl adjacent to an activating group) is 1. The molecule has 38 heavy (non-hydrogen) atoms. The van der Waals surface area contributed by atoms with E-state index in [1.54, 1.807) is 80.6 Å². The van der Waals surface area contributed by atoms with Crippen molar-refractivity contribution in [2.45, 2.75) is 38.3 Å². The molecule has 0 radical (unpaired) electrons. The molecule has 8 nitrogen and oxygen atoms in total. The third-order valence-corrected chi connectivity index (χ3v) is 7.83. The van der Waals surface area contributed by atoms with Crippen molar-refractivity contribution in [3.8, 4) is 5.75 Å². The molecule has 0 heterocycles. The van der Waals surface area contributed by atoms with Crippen LogP contribution in [0.25, 0.3) is 0 Å². The van der Waals surface area contributed by atoms with Crippen molar-refractivity contribution in [1.29, 1.82) is 0 Å². The highest BCUT2D eigenvalue weighted by Gasteiger charge is 2.32. The van der Waals surface area contributed by atoms with Crippen LogP contribution in [0.4, 0.5) is 5.69 Å². The molecule has 0 spiro atoms. The number of halogens is 1. The van der Waals surface area contributed by atoms with Gasteiger partial charge < -0.3 is 15.0 Å². The van der Waals surface area contributed by atoms with E-state index in [0.29, 0.717) is 35.2 Å². The van der Waals surface area contributed by atoms with Crippen molar-refractivity contribution >= 4 is 39.1 Å². The van der Waals surface area contributed by atoms with Crippen LogP contribution in [-0.2, 0) is 26.2 Å². The predicted molar refractivity (Wildman–Crippen MR) is 149 cm³/mol. The van der Waals surface area contributed by atoms with Gasteiger partial charge in [0.05, 0.1) is 17.2 Å². The fraction of sp³-hybridized carbons (Fsp3) is 0.286. The number of ether oxygens (including phenoxy) is 1. The van der Waals surface area contributed by atoms with E-state index in [1.165, 1.54) is 17.0 Å². The summed E-state index contributed by atoms with van der Waals surface area (Å²) < 4.78 is 34.0. The van der Waals surface area contributed by atoms with Gasteiger partial charge in [-0.05, 0) is 74.9 Å². The molecule has 0 aliphatic carbocycles. The molecular formula is C28H32ClN3O5S. The predicted octanol–water partition coefficient (Wildman–Crippen LogP) is 4.49. The molecule has 0 aromatic heterocycles. The van der Waals surface area contributed by atoms with Gasteiger partial charge in [0.2, 0.25) is 11.8 Å². The standard InChI is InChI=1S/C28H32ClN3O5S/c1-4-30-28(34)21(3)31(19-22-10-9-11-23(29)18-22)27(33)20-32(24-14-16-25(17-15-24)37-5-2)38(35,36)26-12-7-6-8-13-26/h6-18,21H,4-5,19-20H2,1-3H3,(H,30,34)/t21-/m1/s1. The lowest BCUT2D eigenvalue weighted by molar-refractivity contribution is -0.139. The van der Waals surface area contributed by atoms with Crippen LogP contribution in [0, 0.1) is 0 Å². The average Bonchev–Trinajstić information content (AvgIpc) is 2.91. The van der Waals surface area contributed by atoms with Crippen molar-refractivity contribution in [2.75, 3.05) is 24.0 Å². The maximum absolute atomic E-state index is 13.8. The Kier molecular flexibility index (Phi) is 10.2. The summed E-state index contributed by atoms with van der Waals surface area (Å²) in [6.07, 6.45) is 0. The van der Waals surface area contributed by atoms with E-state index in [-0.39, 0.29) is 17.3 Å². The molecule has 2 amide bonds. The van der Waals surface area contributed by atoms with Crippen LogP contribution in [-0.4, -0.2) is 50.9 Å². The van der Waals surface area contributed by atoms with Crippen LogP contribution in [0.2, 0.25) is 5.02 Å². The molecule has 202 valence electrons. The van der Waals surface area contributed by atoms with Gasteiger partial charge in [0, 0.05) is 18.1 Å². The molecule has 0 fully saturated rings. The number of sulfonamides is 1. The normalized spacial score (nSPS) is 11.9. The molecule has 0 saturated heterocycles. The quantitative estimate of drug-likeness (QED) is 0.354. The number of nitrogens with one attached hydrogen (secondary N) is 1. The second-order valence-electron chi connectivity index (χ2n) is 8.47. The van der Waals surface area contributed by atoms with E-state index in [1.807, 2.05) is 6.92 Å². The molecule has 0 bridgehead atoms. The first kappa shape index (κ1) is 29.0. The zero-order chi connectivity index (χ0) is 27.7. The van der Waals surface area contributed by atoms with Crippen LogP contribution in [0.1, 0.15) is 26.3 Å². The van der Waals surface area contributed by atoms with Crippen molar-refractivity contribution in [3.63, 3.8) is 0 Å². The van der Waals surface area contributed by atoms with E-state index in [4.69, 9.17) is 16.3 Å². The van der Waals surface area contributed by atoms with Crippen LogP contribution < -0.4 is 14.4 Å². The number of benzene rings is 3. The first-order valence-electron chi connectivity index (χ1n) is 12.3. The number of carbonyl (C=O) groups excluding carboxylic acids is 2. The summed E-state index contributed by atoms with van der Waals surface area (Å²) in [6, 6.07) is 20.5. The minimum Gasteiger partial charge on any atom is -0.494 e. The molecule has 3 aromatic carbocycles. The maximum atomic E-state index is 13.8. The van der Waals surface area contributed by atoms with Gasteiger partial charge in [0.15, 0.2) is 0 Å². The van der Waals surface area contributed by atoms with E-state index in [9.17, 15) is 18.0 Å². The van der Waals surface area contributed by atoms with Gasteiger partial charge in [-0.2, -0.15) is 0 Å². The molecular weight excluding hydrogens is 526 g/mol. The van der Waals surface area contributed by atoms with Crippen molar-refractivity contribution in [2.24, 2.45) is 0 Å². The highest BCUT2D eigenvalue weighted by molar-refractivity contribution is 7.92. The zero-order valence-electron chi connectivity index (χ0n) is 21.6. The lowest BCUT2D eigenvalue weighted by Gasteiger charge is -2.32. The number of anilines is 1. The summed E-state index contributed by atoms with van der Waals surface area (Å²) in [6.45, 7) is 5.65. The highest BCUT2D eigenvalue weighted by atomic mass is 35.5. The molecule has 0 saturated carbocycles. The van der Waals surface area contributed by atoms with Crippen LogP contribution >= 0.6 is 11.6 Å². The first-order chi connectivity index (χ1) is 18.2. The Bertz CT molecular complexity index is 1330. The Morgan fingerprint density at radius 2 is 1.66 bits per heavy atom. The SMILES string of the molecule is CCNC(=O)[C@@H](C)N(Cc1cccc(Cl)c1)C(=O)CN(c1ccc(OCC)cc1)S(=O)(=O)c1ccccc1. The molecule has 0 unspecified atom stereocenters. The van der Waals surface area contributed by atoms with E-state index < -0.39 is 28.5 Å². The van der Waals surface area contributed by atoms with E-state index in [0.717, 1.165) is 4.31 Å². The van der Waals surface area contributed by atoms with E-state index in [2.05, 4.69) is 5.32 Å². The minimum absolute atomic E-state index is 0.0415. The van der Waals surface area contributed by atoms with Crippen LogP contribution in [0.15, 0.2) is 83.8 Å². The second-order valence-corrected chi connectivity index (χ2v) is 10.8. The Labute approximate surface area is 229 Å². The molecule has 0 aliphatic heterocycles. The lowest BCUT2D eigenvalue weighted by Crippen LogP contribution is -2.51. The van der Waals surface area contributed by atoms with Crippen molar-refractivity contribution < 1.29 is 22.7 Å². The number of amides is 2. The number of rotatable bonds is 12. The van der Waals surface area contributed by atoms with Gasteiger partial charge >= 0.3 is 0 Å². The Hall–Kier alpha value is -3.56. The number of hydrogen-bond acceptors (Lipinski definition) is 5. The molecule has 1 atom stereocenters. The fourth-order valence-electron chi connectivity index (χ4n) is 3.86. The Morgan fingerprint density at radius 1 is 0.974 bits per heavy atom. The maximum Gasteiger partial charge on any atom is 0.264 e. The lowest BCUT2D eigenvalue weighted by atomic mass is 10.1. The Morgan fingerprint density at radius 3 is 2.26 bits per heavy atom. The summed E-state index contributed by atoms with van der Waals surface area (Å²) in [7, 11) is -4.12. The van der Waals surface area contributed by atoms with Crippen molar-refractivity contribution in [1.82, 2.24) is 10.2 Å². The third-order valence-electron chi connectivity index (χ3n) is 5.81. The zero-order valence-corrected chi connectivity index (χ0v) is 23.2. The first-order valence-corrected chi connectivity index (χ1v) is 14.1. The highest BCUT2D eigenvalue weighted by Crippen LogP contribution is 2.26. The summed E-state index contributed by atoms with van der Waals surface area (Å²) >= 11 is 6.15. The largest absolute Gasteiger partial charge is 0.494 e. The van der Waals surface area contributed by atoms with Gasteiger partial charge in [0.25, 0.3) is 10.0 Å². The van der Waals surface area contributed by atoms with Gasteiger partial charge in [-0.25, -0.2) is 8.42 Å². The number of hydrogen-bond donors (Lipinski definition) is 1. The van der Waals surface area contributed by atoms with Gasteiger partial charge in [0.1, 0.15) is 18.3 Å². The number of carbonyl (C=O) groups is 2. The summed E-state index contributed by atoms with van der Waals surface area (Å²) in [5, 5.41) is 3.22. The van der Waals surface area contributed by atoms with Crippen molar-refractivity contribution in [3.05, 3.63) is 89.4 Å². The molecule has 10 heteroatoms. The second kappa shape index (κ2) is 13.3. The van der Waals surface area contributed by atoms with Gasteiger partial charge in [-0.15, -0.1) is 0 Å². The molecule has 1 N–H and O–H groups in total. The minimum atomic E-state index is -4.12. The van der Waals surface area contributed by atoms with Gasteiger partial charge in [-0.1, -0.05) is 41.9 Å². The summed E-state index contributed by atoms with van der Waals surface area (Å²) in [5.74, 6) is -0.314. The molecule has 3 rings (SSSR count).